The van der Waals surface area contributed by atoms with Gasteiger partial charge in [-0.3, -0.25) is 0 Å². The maximum atomic E-state index is 5.06. The van der Waals surface area contributed by atoms with Crippen molar-refractivity contribution in [1.82, 2.24) is 9.97 Å². The molecule has 10 rings (SSSR count). The Labute approximate surface area is 296 Å². The first-order valence-electron chi connectivity index (χ1n) is 17.0. The first-order chi connectivity index (χ1) is 24.8. The second-order valence-electron chi connectivity index (χ2n) is 12.9. The van der Waals surface area contributed by atoms with Gasteiger partial charge in [-0.1, -0.05) is 169 Å². The van der Waals surface area contributed by atoms with Gasteiger partial charge in [-0.05, 0) is 68.8 Å². The summed E-state index contributed by atoms with van der Waals surface area (Å²) in [6, 6.07) is 65.5. The molecule has 1 aliphatic heterocycles. The molecule has 8 aromatic rings. The SMILES string of the molecule is c1ccc(-c2cc(-c3ccc(-c4ccc5c(c4)C4(c6ccccc6S5)c5ccccc5-c5ccccc54)cc3)nc(-c3ccccc3)n2)cc1. The van der Waals surface area contributed by atoms with Crippen LogP contribution in [0.1, 0.15) is 22.3 Å². The van der Waals surface area contributed by atoms with Gasteiger partial charge in [0.15, 0.2) is 5.82 Å². The lowest BCUT2D eigenvalue weighted by atomic mass is 9.67. The van der Waals surface area contributed by atoms with Gasteiger partial charge in [0.05, 0.1) is 16.8 Å². The Bertz CT molecular complexity index is 2450. The van der Waals surface area contributed by atoms with E-state index in [9.17, 15) is 0 Å². The first-order valence-corrected chi connectivity index (χ1v) is 17.8. The quantitative estimate of drug-likeness (QED) is 0.189. The Morgan fingerprint density at radius 3 is 1.48 bits per heavy atom. The molecule has 2 nitrogen and oxygen atoms in total. The van der Waals surface area contributed by atoms with Crippen LogP contribution in [0.15, 0.2) is 192 Å². The Morgan fingerprint density at radius 2 is 0.820 bits per heavy atom. The highest BCUT2D eigenvalue weighted by atomic mass is 32.2. The first kappa shape index (κ1) is 28.9. The smallest absolute Gasteiger partial charge is 0.160 e. The van der Waals surface area contributed by atoms with Crippen LogP contribution < -0.4 is 0 Å². The molecule has 0 radical (unpaired) electrons. The molecule has 7 aromatic carbocycles. The van der Waals surface area contributed by atoms with Crippen molar-refractivity contribution in [1.29, 1.82) is 0 Å². The zero-order chi connectivity index (χ0) is 33.1. The van der Waals surface area contributed by atoms with Crippen LogP contribution in [0, 0.1) is 0 Å². The largest absolute Gasteiger partial charge is 0.228 e. The third-order valence-corrected chi connectivity index (χ3v) is 11.3. The fourth-order valence-electron chi connectivity index (χ4n) is 7.94. The van der Waals surface area contributed by atoms with E-state index in [0.29, 0.717) is 0 Å². The molecule has 50 heavy (non-hydrogen) atoms. The van der Waals surface area contributed by atoms with E-state index in [2.05, 4.69) is 158 Å². The molecule has 0 bridgehead atoms. The fraction of sp³-hybridized carbons (Fsp3) is 0.0213. The number of nitrogens with zero attached hydrogens (tertiary/aromatic N) is 2. The molecule has 1 aliphatic carbocycles. The Balaban J connectivity index is 1.11. The summed E-state index contributed by atoms with van der Waals surface area (Å²) in [5, 5.41) is 0. The lowest BCUT2D eigenvalue weighted by Crippen LogP contribution is -2.32. The summed E-state index contributed by atoms with van der Waals surface area (Å²) in [5.41, 5.74) is 15.0. The van der Waals surface area contributed by atoms with Crippen molar-refractivity contribution >= 4 is 11.8 Å². The van der Waals surface area contributed by atoms with E-state index in [1.807, 2.05) is 36.0 Å². The molecular weight excluding hydrogens is 625 g/mol. The van der Waals surface area contributed by atoms with Crippen LogP contribution in [0.4, 0.5) is 0 Å². The Hall–Kier alpha value is -6.03. The minimum atomic E-state index is -0.386. The van der Waals surface area contributed by atoms with E-state index in [1.54, 1.807) is 0 Å². The monoisotopic (exact) mass is 654 g/mol. The van der Waals surface area contributed by atoms with E-state index >= 15 is 0 Å². The van der Waals surface area contributed by atoms with Crippen molar-refractivity contribution in [2.75, 3.05) is 0 Å². The van der Waals surface area contributed by atoms with Crippen LogP contribution in [-0.2, 0) is 5.41 Å². The van der Waals surface area contributed by atoms with Gasteiger partial charge in [0.2, 0.25) is 0 Å². The third kappa shape index (κ3) is 4.44. The zero-order valence-corrected chi connectivity index (χ0v) is 27.9. The summed E-state index contributed by atoms with van der Waals surface area (Å²) >= 11 is 1.88. The van der Waals surface area contributed by atoms with Gasteiger partial charge in [-0.15, -0.1) is 0 Å². The number of rotatable bonds is 4. The second kappa shape index (κ2) is 11.5. The van der Waals surface area contributed by atoms with E-state index < -0.39 is 0 Å². The van der Waals surface area contributed by atoms with Crippen molar-refractivity contribution in [2.45, 2.75) is 15.2 Å². The topological polar surface area (TPSA) is 25.8 Å². The van der Waals surface area contributed by atoms with Gasteiger partial charge in [0, 0.05) is 26.5 Å². The molecule has 2 heterocycles. The van der Waals surface area contributed by atoms with Gasteiger partial charge < -0.3 is 0 Å². The van der Waals surface area contributed by atoms with Crippen molar-refractivity contribution < 1.29 is 0 Å². The second-order valence-corrected chi connectivity index (χ2v) is 14.0. The number of fused-ring (bicyclic) bond motifs is 9. The number of benzene rings is 7. The molecule has 3 heteroatoms. The summed E-state index contributed by atoms with van der Waals surface area (Å²) < 4.78 is 0. The van der Waals surface area contributed by atoms with Crippen LogP contribution >= 0.6 is 11.8 Å². The van der Waals surface area contributed by atoms with Crippen LogP contribution in [0.5, 0.6) is 0 Å². The van der Waals surface area contributed by atoms with Crippen molar-refractivity contribution in [3.05, 3.63) is 204 Å². The molecule has 1 spiro atoms. The van der Waals surface area contributed by atoms with Gasteiger partial charge in [0.25, 0.3) is 0 Å². The average molecular weight is 655 g/mol. The van der Waals surface area contributed by atoms with Crippen LogP contribution in [0.25, 0.3) is 56.2 Å². The highest BCUT2D eigenvalue weighted by Gasteiger charge is 2.50. The van der Waals surface area contributed by atoms with E-state index in [1.165, 1.54) is 54.3 Å². The zero-order valence-electron chi connectivity index (χ0n) is 27.1. The number of aromatic nitrogens is 2. The van der Waals surface area contributed by atoms with Gasteiger partial charge in [-0.25, -0.2) is 9.97 Å². The molecule has 0 saturated carbocycles. The average Bonchev–Trinajstić information content (AvgIpc) is 3.49. The molecule has 0 amide bonds. The van der Waals surface area contributed by atoms with E-state index in [0.717, 1.165) is 33.9 Å². The van der Waals surface area contributed by atoms with Crippen molar-refractivity contribution in [3.8, 4) is 56.2 Å². The molecular formula is C47H30N2S. The maximum absolute atomic E-state index is 5.06. The van der Waals surface area contributed by atoms with Crippen molar-refractivity contribution in [3.63, 3.8) is 0 Å². The fourth-order valence-corrected chi connectivity index (χ4v) is 9.11. The number of hydrogen-bond donors (Lipinski definition) is 0. The molecule has 2 aliphatic rings. The summed E-state index contributed by atoms with van der Waals surface area (Å²) in [7, 11) is 0. The summed E-state index contributed by atoms with van der Waals surface area (Å²) in [5.74, 6) is 0.723. The lowest BCUT2D eigenvalue weighted by Gasteiger charge is -2.40. The third-order valence-electron chi connectivity index (χ3n) is 10.2. The van der Waals surface area contributed by atoms with Crippen LogP contribution in [0.3, 0.4) is 0 Å². The van der Waals surface area contributed by atoms with Gasteiger partial charge in [0.1, 0.15) is 0 Å². The van der Waals surface area contributed by atoms with E-state index in [-0.39, 0.29) is 5.41 Å². The Kier molecular flexibility index (Phi) is 6.68. The maximum Gasteiger partial charge on any atom is 0.160 e. The van der Waals surface area contributed by atoms with Crippen LogP contribution in [0.2, 0.25) is 0 Å². The molecule has 0 saturated heterocycles. The lowest BCUT2D eigenvalue weighted by molar-refractivity contribution is 0.723. The van der Waals surface area contributed by atoms with Crippen LogP contribution in [-0.4, -0.2) is 9.97 Å². The minimum absolute atomic E-state index is 0.386. The predicted molar refractivity (Wildman–Crippen MR) is 205 cm³/mol. The van der Waals surface area contributed by atoms with Gasteiger partial charge in [-0.2, -0.15) is 0 Å². The molecule has 0 fully saturated rings. The summed E-state index contributed by atoms with van der Waals surface area (Å²) in [4.78, 5) is 12.7. The molecule has 1 aromatic heterocycles. The normalized spacial score (nSPS) is 13.3. The summed E-state index contributed by atoms with van der Waals surface area (Å²) in [6.45, 7) is 0. The molecule has 0 unspecified atom stereocenters. The molecule has 0 atom stereocenters. The van der Waals surface area contributed by atoms with Crippen molar-refractivity contribution in [2.24, 2.45) is 0 Å². The highest BCUT2D eigenvalue weighted by Crippen LogP contribution is 2.62. The highest BCUT2D eigenvalue weighted by molar-refractivity contribution is 7.99. The predicted octanol–water partition coefficient (Wildman–Crippen LogP) is 12.0. The minimum Gasteiger partial charge on any atom is -0.228 e. The van der Waals surface area contributed by atoms with E-state index in [4.69, 9.17) is 9.97 Å². The molecule has 0 N–H and O–H groups in total. The standard InChI is InChI=1S/C47H30N2S/c1-3-13-32(14-4-1)42-30-43(49-46(48-42)34-15-5-2-6-16-34)33-25-23-31(24-26-33)35-27-28-45-41(29-35)47(40-21-11-12-22-44(40)50-45)38-19-9-7-17-36(38)37-18-8-10-20-39(37)47/h1-30H. The number of hydrogen-bond acceptors (Lipinski definition) is 3. The van der Waals surface area contributed by atoms with Gasteiger partial charge >= 0.3 is 0 Å². The summed E-state index contributed by atoms with van der Waals surface area (Å²) in [6.07, 6.45) is 0. The molecule has 234 valence electrons. The Morgan fingerprint density at radius 1 is 0.340 bits per heavy atom.